The van der Waals surface area contributed by atoms with Gasteiger partial charge in [-0.15, -0.1) is 0 Å². The van der Waals surface area contributed by atoms with Crippen LogP contribution in [0.15, 0.2) is 0 Å². The van der Waals surface area contributed by atoms with Gasteiger partial charge in [0.1, 0.15) is 37.9 Å². The molecule has 0 aliphatic carbocycles. The van der Waals surface area contributed by atoms with Gasteiger partial charge in [-0.05, 0) is 27.2 Å². The first-order chi connectivity index (χ1) is 16.6. The van der Waals surface area contributed by atoms with Crippen LogP contribution < -0.4 is 0 Å². The van der Waals surface area contributed by atoms with Gasteiger partial charge in [-0.25, -0.2) is 0 Å². The number of ether oxygens (including phenoxy) is 5. The van der Waals surface area contributed by atoms with Crippen molar-refractivity contribution in [2.75, 3.05) is 33.1 Å². The summed E-state index contributed by atoms with van der Waals surface area (Å²) in [6, 6.07) is 0.733. The number of rotatable bonds is 14. The third-order valence-corrected chi connectivity index (χ3v) is 6.59. The Hall–Kier alpha value is -0.695. The molecule has 5 radical (unpaired) electrons. The van der Waals surface area contributed by atoms with E-state index in [0.29, 0.717) is 6.61 Å². The number of aliphatic hydroxyl groups is 1. The second-order valence-electron chi connectivity index (χ2n) is 8.60. The van der Waals surface area contributed by atoms with Crippen LogP contribution in [0.2, 0.25) is 0 Å². The predicted octanol–water partition coefficient (Wildman–Crippen LogP) is 0.144. The molecule has 0 saturated carbocycles. The topological polar surface area (TPSA) is 126 Å². The summed E-state index contributed by atoms with van der Waals surface area (Å²) in [5.41, 5.74) is -0.990. The van der Waals surface area contributed by atoms with Gasteiger partial charge in [0.05, 0.1) is 51.7 Å². The summed E-state index contributed by atoms with van der Waals surface area (Å²) in [5, 5.41) is 19.1. The second-order valence-corrected chi connectivity index (χ2v) is 10.1. The monoisotopic (exact) mass is 495 g/mol. The largest absolute Gasteiger partial charge is 0.458 e. The molecule has 2 heterocycles. The molecule has 0 aromatic heterocycles. The maximum absolute atomic E-state index is 12.7. The van der Waals surface area contributed by atoms with E-state index in [4.69, 9.17) is 54.9 Å². The van der Waals surface area contributed by atoms with Crippen molar-refractivity contribution in [1.29, 1.82) is 5.26 Å². The summed E-state index contributed by atoms with van der Waals surface area (Å²) in [7, 11) is 12.4. The number of nitriles is 1. The maximum Gasteiger partial charge on any atom is 0.315 e. The number of hydrogen-bond donors (Lipinski definition) is 1. The highest BCUT2D eigenvalue weighted by Gasteiger charge is 2.45. The summed E-state index contributed by atoms with van der Waals surface area (Å²) in [4.78, 5) is 12.7. The van der Waals surface area contributed by atoms with Gasteiger partial charge in [-0.3, -0.25) is 4.79 Å². The summed E-state index contributed by atoms with van der Waals surface area (Å²) in [6.45, 7) is 3.61. The maximum atomic E-state index is 12.7. The van der Waals surface area contributed by atoms with Gasteiger partial charge in [0, 0.05) is 28.2 Å². The Labute approximate surface area is 207 Å². The Morgan fingerprint density at radius 3 is 2.74 bits per heavy atom. The van der Waals surface area contributed by atoms with Gasteiger partial charge in [0.2, 0.25) is 0 Å². The van der Waals surface area contributed by atoms with E-state index in [1.165, 1.54) is 7.17 Å². The minimum atomic E-state index is -1.94. The Morgan fingerprint density at radius 1 is 1.38 bits per heavy atom. The molecule has 0 aromatic rings. The molecule has 0 bridgehead atoms. The van der Waals surface area contributed by atoms with Crippen molar-refractivity contribution < 1.29 is 44.0 Å². The Kier molecular flexibility index (Phi) is 11.6. The molecule has 0 amide bonds. The lowest BCUT2D eigenvalue weighted by Gasteiger charge is -2.29. The van der Waals surface area contributed by atoms with Crippen molar-refractivity contribution in [2.24, 2.45) is 0 Å². The predicted molar refractivity (Wildman–Crippen MR) is 126 cm³/mol. The van der Waals surface area contributed by atoms with E-state index in [1.54, 1.807) is 21.0 Å². The average Bonchev–Trinajstić information content (AvgIpc) is 3.29. The van der Waals surface area contributed by atoms with E-state index in [0.717, 1.165) is 0 Å². The van der Waals surface area contributed by atoms with E-state index in [-0.39, 0.29) is 39.1 Å². The highest BCUT2D eigenvalue weighted by molar-refractivity contribution is 7.48. The van der Waals surface area contributed by atoms with Gasteiger partial charge in [0.15, 0.2) is 8.38 Å². The fourth-order valence-corrected chi connectivity index (χ4v) is 4.83. The SMILES string of the molecule is [2H]C[C@H]1O[C@@H]([B][B])C(OCCOC)C1OP(CC(=O)OC(C)(C)CC#N)OC[C@H]1O[C@@H]([B])CC1O. The van der Waals surface area contributed by atoms with Crippen LogP contribution in [0.3, 0.4) is 0 Å². The third kappa shape index (κ3) is 9.07. The zero-order valence-electron chi connectivity index (χ0n) is 20.8. The lowest BCUT2D eigenvalue weighted by Crippen LogP contribution is -2.40. The van der Waals surface area contributed by atoms with E-state index in [2.05, 4.69) is 0 Å². The number of carbonyl (C=O) groups excluding carboxylic acids is 1. The van der Waals surface area contributed by atoms with Gasteiger partial charge in [0.25, 0.3) is 0 Å². The molecule has 2 fully saturated rings. The molecule has 2 rings (SSSR count). The molecule has 10 nitrogen and oxygen atoms in total. The summed E-state index contributed by atoms with van der Waals surface area (Å²) in [5.74, 6) is -0.624. The van der Waals surface area contributed by atoms with Crippen molar-refractivity contribution in [3.05, 3.63) is 0 Å². The van der Waals surface area contributed by atoms with E-state index >= 15 is 0 Å². The van der Waals surface area contributed by atoms with Crippen LogP contribution in [-0.2, 0) is 37.5 Å². The van der Waals surface area contributed by atoms with Crippen molar-refractivity contribution in [3.63, 3.8) is 0 Å². The number of hydrogen-bond acceptors (Lipinski definition) is 10. The van der Waals surface area contributed by atoms with Gasteiger partial charge < -0.3 is 37.8 Å². The van der Waals surface area contributed by atoms with Gasteiger partial charge in [-0.2, -0.15) is 5.26 Å². The third-order valence-electron chi connectivity index (χ3n) is 5.16. The van der Waals surface area contributed by atoms with Crippen molar-refractivity contribution in [3.8, 4) is 6.07 Å². The van der Waals surface area contributed by atoms with Crippen LogP contribution in [0.1, 0.15) is 35.0 Å². The Morgan fingerprint density at radius 2 is 2.15 bits per heavy atom. The highest BCUT2D eigenvalue weighted by Crippen LogP contribution is 2.44. The zero-order chi connectivity index (χ0) is 26.0. The Balaban J connectivity index is 2.14. The Bertz CT molecular complexity index is 707. The van der Waals surface area contributed by atoms with Crippen LogP contribution in [0, 0.1) is 11.3 Å². The summed E-state index contributed by atoms with van der Waals surface area (Å²) >= 11 is 0. The minimum absolute atomic E-state index is 0.0131. The minimum Gasteiger partial charge on any atom is -0.458 e. The van der Waals surface area contributed by atoms with Crippen LogP contribution in [-0.4, -0.2) is 115 Å². The number of aliphatic hydroxyl groups excluding tert-OH is 1. The van der Waals surface area contributed by atoms with Crippen LogP contribution >= 0.6 is 8.38 Å². The molecular weight excluding hydrogens is 462 g/mol. The quantitative estimate of drug-likeness (QED) is 0.154. The molecular formula is C20H32B3NO9P. The number of esters is 1. The fraction of sp³-hybridized carbons (Fsp3) is 0.900. The van der Waals surface area contributed by atoms with Crippen LogP contribution in [0.4, 0.5) is 0 Å². The van der Waals surface area contributed by atoms with E-state index < -0.39 is 62.5 Å². The number of methoxy groups -OCH3 is 1. The lowest BCUT2D eigenvalue weighted by molar-refractivity contribution is -0.153. The van der Waals surface area contributed by atoms with Gasteiger partial charge in [-0.1, -0.05) is 0 Å². The first-order valence-corrected chi connectivity index (χ1v) is 12.4. The molecule has 34 heavy (non-hydrogen) atoms. The van der Waals surface area contributed by atoms with Gasteiger partial charge >= 0.3 is 5.97 Å². The molecule has 2 saturated heterocycles. The number of nitrogens with zero attached hydrogens (tertiary/aromatic N) is 1. The molecule has 1 N–H and O–H groups in total. The fourth-order valence-electron chi connectivity index (χ4n) is 3.48. The summed E-state index contributed by atoms with van der Waals surface area (Å²) in [6.07, 6.45) is -3.60. The first kappa shape index (κ1) is 27.9. The van der Waals surface area contributed by atoms with Crippen molar-refractivity contribution >= 4 is 37.1 Å². The molecule has 2 aliphatic rings. The molecule has 14 heteroatoms. The van der Waals surface area contributed by atoms with Crippen LogP contribution in [0.25, 0.3) is 0 Å². The molecule has 8 atom stereocenters. The molecule has 2 aliphatic heterocycles. The zero-order valence-corrected chi connectivity index (χ0v) is 20.7. The molecule has 0 aromatic carbocycles. The normalized spacial score (nSPS) is 32.7. The molecule has 0 spiro atoms. The first-order valence-electron chi connectivity index (χ1n) is 11.7. The second kappa shape index (κ2) is 14.1. The molecule has 185 valence electrons. The van der Waals surface area contributed by atoms with Crippen molar-refractivity contribution in [1.82, 2.24) is 0 Å². The standard InChI is InChI=1S/C20H32B3NO9P/c1-12-17(18(19(23-22)30-12)28-8-7-27-4)33-34(11-16(26)32-20(2,3)5-6-24)29-10-14-13(25)9-15(21)31-14/h12-15,17-19,25H,5,7-11H2,1-4H3/t12-,13?,14-,15-,17?,18?,19-,34?/m1/s1/i1D. The highest BCUT2D eigenvalue weighted by atomic mass is 31.2. The van der Waals surface area contributed by atoms with E-state index in [1.807, 2.05) is 6.07 Å². The summed E-state index contributed by atoms with van der Waals surface area (Å²) < 4.78 is 47.6. The smallest absolute Gasteiger partial charge is 0.315 e. The average molecular weight is 495 g/mol. The number of carbonyl (C=O) groups is 1. The van der Waals surface area contributed by atoms with Crippen molar-refractivity contribution in [2.45, 2.75) is 81.7 Å². The van der Waals surface area contributed by atoms with Crippen LogP contribution in [0.5, 0.6) is 0 Å². The lowest BCUT2D eigenvalue weighted by atomic mass is 9.50. The van der Waals surface area contributed by atoms with E-state index in [9.17, 15) is 9.90 Å². The molecule has 4 unspecified atom stereocenters.